The molecule has 2 aliphatic rings. The molecule has 2 aromatic heterocycles. The van der Waals surface area contributed by atoms with Crippen LogP contribution in [0.3, 0.4) is 0 Å². The zero-order chi connectivity index (χ0) is 19.5. The maximum Gasteiger partial charge on any atom is 0.222 e. The molecule has 1 saturated carbocycles. The molecule has 1 atom stereocenters. The molecular weight excluding hydrogens is 352 g/mol. The van der Waals surface area contributed by atoms with Crippen molar-refractivity contribution in [2.75, 3.05) is 24.2 Å². The highest BCUT2D eigenvalue weighted by Gasteiger charge is 2.25. The Morgan fingerprint density at radius 2 is 1.96 bits per heavy atom. The van der Waals surface area contributed by atoms with Gasteiger partial charge in [-0.15, -0.1) is 0 Å². The van der Waals surface area contributed by atoms with Crippen molar-refractivity contribution in [1.82, 2.24) is 15.0 Å². The van der Waals surface area contributed by atoms with Crippen LogP contribution in [0.25, 0.3) is 11.1 Å². The molecule has 1 saturated heterocycles. The normalized spacial score (nSPS) is 19.6. The van der Waals surface area contributed by atoms with Gasteiger partial charge >= 0.3 is 0 Å². The number of pyridine rings is 1. The second kappa shape index (κ2) is 8.11. The van der Waals surface area contributed by atoms with E-state index in [1.807, 2.05) is 6.92 Å². The van der Waals surface area contributed by atoms with Crippen LogP contribution in [0, 0.1) is 18.3 Å². The van der Waals surface area contributed by atoms with Crippen LogP contribution < -0.4 is 11.1 Å². The molecule has 0 amide bonds. The van der Waals surface area contributed by atoms with Gasteiger partial charge in [0.05, 0.1) is 6.10 Å². The van der Waals surface area contributed by atoms with Gasteiger partial charge < -0.3 is 15.8 Å². The Labute approximate surface area is 165 Å². The number of aromatic nitrogens is 3. The molecule has 4 rings (SSSR count). The fraction of sp³-hybridized carbons (Fsp3) is 0.524. The van der Waals surface area contributed by atoms with Crippen LogP contribution in [0.2, 0.25) is 0 Å². The van der Waals surface area contributed by atoms with Crippen LogP contribution in [0.1, 0.15) is 61.3 Å². The Kier molecular flexibility index (Phi) is 5.40. The summed E-state index contributed by atoms with van der Waals surface area (Å²) in [6.07, 6.45) is 10.6. The molecule has 7 nitrogen and oxygen atoms in total. The summed E-state index contributed by atoms with van der Waals surface area (Å²) in [6.45, 7) is 3.56. The van der Waals surface area contributed by atoms with Crippen LogP contribution in [0.5, 0.6) is 0 Å². The number of nitrogens with zero attached hydrogens (tertiary/aromatic N) is 4. The van der Waals surface area contributed by atoms with Gasteiger partial charge in [0, 0.05) is 48.3 Å². The summed E-state index contributed by atoms with van der Waals surface area (Å²) in [5, 5.41) is 12.9. The lowest BCUT2D eigenvalue weighted by molar-refractivity contribution is 0.120. The lowest BCUT2D eigenvalue weighted by atomic mass is 9.91. The Bertz CT molecular complexity index is 877. The van der Waals surface area contributed by atoms with Gasteiger partial charge in [0.15, 0.2) is 0 Å². The highest BCUT2D eigenvalue weighted by atomic mass is 16.5. The second-order valence-corrected chi connectivity index (χ2v) is 7.66. The van der Waals surface area contributed by atoms with E-state index in [-0.39, 0.29) is 6.10 Å². The molecule has 0 aromatic carbocycles. The predicted octanol–water partition coefficient (Wildman–Crippen LogP) is 3.55. The summed E-state index contributed by atoms with van der Waals surface area (Å²) in [6, 6.07) is 2.22. The molecule has 1 unspecified atom stereocenters. The summed E-state index contributed by atoms with van der Waals surface area (Å²) in [7, 11) is 0. The summed E-state index contributed by atoms with van der Waals surface area (Å²) < 4.78 is 5.61. The number of ether oxygens (including phenoxy) is 1. The van der Waals surface area contributed by atoms with Crippen molar-refractivity contribution in [3.8, 4) is 17.2 Å². The van der Waals surface area contributed by atoms with Crippen molar-refractivity contribution in [1.29, 1.82) is 5.26 Å². The van der Waals surface area contributed by atoms with E-state index in [4.69, 9.17) is 10.5 Å². The van der Waals surface area contributed by atoms with Crippen LogP contribution in [0.15, 0.2) is 12.4 Å². The lowest BCUT2D eigenvalue weighted by Crippen LogP contribution is -2.19. The maximum absolute atomic E-state index is 9.66. The first-order valence-corrected chi connectivity index (χ1v) is 10.1. The molecule has 1 aliphatic carbocycles. The second-order valence-electron chi connectivity index (χ2n) is 7.66. The highest BCUT2D eigenvalue weighted by Crippen LogP contribution is 2.39. The average molecular weight is 378 g/mol. The van der Waals surface area contributed by atoms with Gasteiger partial charge in [-0.25, -0.2) is 15.0 Å². The fourth-order valence-electron chi connectivity index (χ4n) is 4.34. The molecule has 28 heavy (non-hydrogen) atoms. The zero-order valence-electron chi connectivity index (χ0n) is 16.2. The first kappa shape index (κ1) is 18.6. The SMILES string of the molecule is Cc1c(C2CCCC2)nc(N)c(C#N)c1-c1cnc(NCC2CCCO2)nc1. The molecule has 1 aliphatic heterocycles. The summed E-state index contributed by atoms with van der Waals surface area (Å²) >= 11 is 0. The van der Waals surface area contributed by atoms with E-state index in [1.54, 1.807) is 12.4 Å². The van der Waals surface area contributed by atoms with Gasteiger partial charge in [-0.05, 0) is 38.2 Å². The zero-order valence-corrected chi connectivity index (χ0v) is 16.2. The monoisotopic (exact) mass is 378 g/mol. The standard InChI is InChI=1S/C21H26N6O/c1-13-18(17(9-22)20(23)27-19(13)14-5-2-3-6-14)15-10-24-21(25-11-15)26-12-16-7-4-8-28-16/h10-11,14,16H,2-8,12H2,1H3,(H2,23,27)(H,24,25,26). The largest absolute Gasteiger partial charge is 0.383 e. The first-order valence-electron chi connectivity index (χ1n) is 10.1. The van der Waals surface area contributed by atoms with Crippen molar-refractivity contribution in [3.05, 3.63) is 29.2 Å². The maximum atomic E-state index is 9.66. The minimum Gasteiger partial charge on any atom is -0.383 e. The molecule has 3 N–H and O–H groups in total. The minimum atomic E-state index is 0.227. The molecule has 146 valence electrons. The first-order chi connectivity index (χ1) is 13.7. The topological polar surface area (TPSA) is 110 Å². The summed E-state index contributed by atoms with van der Waals surface area (Å²) in [5.74, 6) is 1.28. The van der Waals surface area contributed by atoms with E-state index in [2.05, 4.69) is 26.3 Å². The Balaban J connectivity index is 1.62. The molecule has 0 bridgehead atoms. The lowest BCUT2D eigenvalue weighted by Gasteiger charge is -2.18. The molecule has 2 aromatic rings. The van der Waals surface area contributed by atoms with Gasteiger partial charge in [-0.3, -0.25) is 0 Å². The van der Waals surface area contributed by atoms with Crippen LogP contribution in [-0.4, -0.2) is 34.2 Å². The van der Waals surface area contributed by atoms with E-state index in [0.29, 0.717) is 29.8 Å². The third-order valence-electron chi connectivity index (χ3n) is 5.81. The highest BCUT2D eigenvalue weighted by molar-refractivity contribution is 5.78. The van der Waals surface area contributed by atoms with E-state index in [0.717, 1.165) is 54.7 Å². The molecule has 2 fully saturated rings. The number of hydrogen-bond acceptors (Lipinski definition) is 7. The summed E-state index contributed by atoms with van der Waals surface area (Å²) in [4.78, 5) is 13.5. The molecule has 3 heterocycles. The van der Waals surface area contributed by atoms with Crippen molar-refractivity contribution in [3.63, 3.8) is 0 Å². The number of nitriles is 1. The van der Waals surface area contributed by atoms with Gasteiger partial charge in [-0.2, -0.15) is 5.26 Å². The van der Waals surface area contributed by atoms with E-state index >= 15 is 0 Å². The summed E-state index contributed by atoms with van der Waals surface area (Å²) in [5.41, 5.74) is 10.2. The molecule has 0 radical (unpaired) electrons. The van der Waals surface area contributed by atoms with Crippen molar-refractivity contribution in [2.24, 2.45) is 0 Å². The Morgan fingerprint density at radius 3 is 2.61 bits per heavy atom. The number of nitrogens with one attached hydrogen (secondary N) is 1. The quantitative estimate of drug-likeness (QED) is 0.818. The number of nitrogen functional groups attached to an aromatic ring is 1. The fourth-order valence-corrected chi connectivity index (χ4v) is 4.34. The minimum absolute atomic E-state index is 0.227. The van der Waals surface area contributed by atoms with Crippen LogP contribution >= 0.6 is 0 Å². The van der Waals surface area contributed by atoms with E-state index in [9.17, 15) is 5.26 Å². The number of rotatable bonds is 5. The van der Waals surface area contributed by atoms with E-state index in [1.165, 1.54) is 12.8 Å². The van der Waals surface area contributed by atoms with Gasteiger partial charge in [0.2, 0.25) is 5.95 Å². The Morgan fingerprint density at radius 1 is 1.21 bits per heavy atom. The average Bonchev–Trinajstić information content (AvgIpc) is 3.42. The van der Waals surface area contributed by atoms with Crippen LogP contribution in [-0.2, 0) is 4.74 Å². The third-order valence-corrected chi connectivity index (χ3v) is 5.81. The number of anilines is 2. The molecule has 0 spiro atoms. The molecule has 7 heteroatoms. The predicted molar refractivity (Wildman–Crippen MR) is 108 cm³/mol. The van der Waals surface area contributed by atoms with Gasteiger partial charge in [0.1, 0.15) is 17.5 Å². The van der Waals surface area contributed by atoms with E-state index < -0.39 is 0 Å². The smallest absolute Gasteiger partial charge is 0.222 e. The van der Waals surface area contributed by atoms with Gasteiger partial charge in [-0.1, -0.05) is 12.8 Å². The van der Waals surface area contributed by atoms with Crippen molar-refractivity contribution in [2.45, 2.75) is 57.5 Å². The number of hydrogen-bond donors (Lipinski definition) is 2. The molecular formula is C21H26N6O. The number of nitrogens with two attached hydrogens (primary N) is 1. The van der Waals surface area contributed by atoms with Crippen molar-refractivity contribution < 1.29 is 4.74 Å². The van der Waals surface area contributed by atoms with Crippen molar-refractivity contribution >= 4 is 11.8 Å². The van der Waals surface area contributed by atoms with Crippen LogP contribution in [0.4, 0.5) is 11.8 Å². The third kappa shape index (κ3) is 3.65. The van der Waals surface area contributed by atoms with Gasteiger partial charge in [0.25, 0.3) is 0 Å². The Hall–Kier alpha value is -2.72.